The number of aliphatic hydroxyl groups is 1. The van der Waals surface area contributed by atoms with Gasteiger partial charge in [0, 0.05) is 12.1 Å². The van der Waals surface area contributed by atoms with Gasteiger partial charge in [0.2, 0.25) is 11.9 Å². The number of benzene rings is 1. The molecule has 7 heteroatoms. The van der Waals surface area contributed by atoms with Gasteiger partial charge < -0.3 is 14.9 Å². The van der Waals surface area contributed by atoms with E-state index < -0.39 is 23.8 Å². The molecule has 7 nitrogen and oxygen atoms in total. The number of methoxy groups -OCH3 is 1. The molecule has 2 heterocycles. The molecule has 3 rings (SSSR count). The summed E-state index contributed by atoms with van der Waals surface area (Å²) in [6.45, 7) is 0. The van der Waals surface area contributed by atoms with E-state index in [9.17, 15) is 20.3 Å². The van der Waals surface area contributed by atoms with E-state index in [0.717, 1.165) is 0 Å². The van der Waals surface area contributed by atoms with Crippen molar-refractivity contribution < 1.29 is 24.3 Å². The van der Waals surface area contributed by atoms with Crippen molar-refractivity contribution in [1.29, 1.82) is 5.26 Å². The van der Waals surface area contributed by atoms with Crippen LogP contribution in [-0.2, 0) is 4.79 Å². The largest absolute Gasteiger partial charge is 0.504 e. The maximum atomic E-state index is 12.6. The third-order valence-electron chi connectivity index (χ3n) is 4.14. The van der Waals surface area contributed by atoms with Crippen LogP contribution in [0.4, 0.5) is 0 Å². The first-order valence-corrected chi connectivity index (χ1v) is 7.53. The van der Waals surface area contributed by atoms with Crippen LogP contribution >= 0.6 is 0 Å². The molecule has 3 N–H and O–H groups in total. The van der Waals surface area contributed by atoms with Crippen LogP contribution in [0.2, 0.25) is 0 Å². The predicted octanol–water partition coefficient (Wildman–Crippen LogP) is 1.44. The molecule has 1 amide bonds. The number of amides is 1. The molecular weight excluding hydrogens is 322 g/mol. The number of phenolic OH excluding ortho intramolecular Hbond substituents is 1. The van der Waals surface area contributed by atoms with E-state index in [4.69, 9.17) is 4.74 Å². The number of ether oxygens (including phenoxy) is 1. The number of nitriles is 1. The molecule has 2 atom stereocenters. The average molecular weight is 338 g/mol. The number of nitrogens with one attached hydrogen (secondary N) is 1. The normalized spacial score (nSPS) is 19.9. The van der Waals surface area contributed by atoms with E-state index in [2.05, 4.69) is 5.32 Å². The molecule has 2 aromatic rings. The van der Waals surface area contributed by atoms with Crippen LogP contribution in [0, 0.1) is 11.3 Å². The van der Waals surface area contributed by atoms with Gasteiger partial charge in [0.05, 0.1) is 13.0 Å². The van der Waals surface area contributed by atoms with Gasteiger partial charge in [-0.2, -0.15) is 9.83 Å². The van der Waals surface area contributed by atoms with Gasteiger partial charge in [-0.25, -0.2) is 0 Å². The zero-order valence-corrected chi connectivity index (χ0v) is 13.4. The smallest absolute Gasteiger partial charge is 0.296 e. The fourth-order valence-electron chi connectivity index (χ4n) is 2.98. The van der Waals surface area contributed by atoms with E-state index in [1.165, 1.54) is 13.2 Å². The van der Waals surface area contributed by atoms with Crippen LogP contribution < -0.4 is 14.6 Å². The van der Waals surface area contributed by atoms with Crippen molar-refractivity contribution in [2.24, 2.45) is 0 Å². The highest BCUT2D eigenvalue weighted by molar-refractivity contribution is 5.84. The predicted molar refractivity (Wildman–Crippen MR) is 86.5 cm³/mol. The summed E-state index contributed by atoms with van der Waals surface area (Å²) in [5.74, 6) is -1.47. The van der Waals surface area contributed by atoms with E-state index in [-0.39, 0.29) is 17.1 Å². The van der Waals surface area contributed by atoms with Crippen molar-refractivity contribution in [2.45, 2.75) is 12.0 Å². The Bertz CT molecular complexity index is 887. The summed E-state index contributed by atoms with van der Waals surface area (Å²) in [6, 6.07) is 11.1. The molecule has 0 fully saturated rings. The van der Waals surface area contributed by atoms with Crippen LogP contribution in [0.3, 0.4) is 0 Å². The Hall–Kier alpha value is -3.53. The average Bonchev–Trinajstić information content (AvgIpc) is 2.62. The lowest BCUT2D eigenvalue weighted by Gasteiger charge is -2.27. The van der Waals surface area contributed by atoms with Gasteiger partial charge in [0.1, 0.15) is 11.6 Å². The molecule has 1 aliphatic rings. The van der Waals surface area contributed by atoms with Crippen LogP contribution in [0.15, 0.2) is 60.2 Å². The van der Waals surface area contributed by atoms with Crippen molar-refractivity contribution in [1.82, 2.24) is 5.32 Å². The highest BCUT2D eigenvalue weighted by atomic mass is 16.5. The summed E-state index contributed by atoms with van der Waals surface area (Å²) in [7, 11) is 1.41. The maximum absolute atomic E-state index is 12.6. The maximum Gasteiger partial charge on any atom is 0.296 e. The zero-order chi connectivity index (χ0) is 18.0. The molecular formula is C18H16N3O4+. The van der Waals surface area contributed by atoms with E-state index in [1.54, 1.807) is 41.2 Å². The fraction of sp³-hybridized carbons (Fsp3) is 0.167. The summed E-state index contributed by atoms with van der Waals surface area (Å²) < 4.78 is 6.79. The number of carbonyl (C=O) groups is 1. The molecule has 1 aromatic heterocycles. The molecule has 0 unspecified atom stereocenters. The molecule has 0 saturated heterocycles. The Balaban J connectivity index is 2.21. The molecule has 1 aliphatic heterocycles. The highest BCUT2D eigenvalue weighted by Gasteiger charge is 2.45. The van der Waals surface area contributed by atoms with Crippen molar-refractivity contribution in [3.63, 3.8) is 0 Å². The van der Waals surface area contributed by atoms with Gasteiger partial charge in [0.15, 0.2) is 23.9 Å². The van der Waals surface area contributed by atoms with Gasteiger partial charge in [0.25, 0.3) is 5.91 Å². The third-order valence-corrected chi connectivity index (χ3v) is 4.14. The molecule has 0 radical (unpaired) electrons. The summed E-state index contributed by atoms with van der Waals surface area (Å²) in [4.78, 5) is 12.6. The number of allylic oxidation sites excluding steroid dienone is 1. The van der Waals surface area contributed by atoms with Gasteiger partial charge in [-0.3, -0.25) is 10.1 Å². The Morgan fingerprint density at radius 1 is 1.24 bits per heavy atom. The number of pyridine rings is 1. The third kappa shape index (κ3) is 2.85. The first-order valence-electron chi connectivity index (χ1n) is 7.53. The number of hydrogen-bond acceptors (Lipinski definition) is 5. The summed E-state index contributed by atoms with van der Waals surface area (Å²) in [5, 5.41) is 31.7. The number of carbonyl (C=O) groups excluding carboxylic acids is 1. The Kier molecular flexibility index (Phi) is 4.27. The van der Waals surface area contributed by atoms with E-state index in [1.807, 2.05) is 12.1 Å². The minimum atomic E-state index is -0.777. The van der Waals surface area contributed by atoms with E-state index >= 15 is 0 Å². The fourth-order valence-corrected chi connectivity index (χ4v) is 2.98. The second-order valence-electron chi connectivity index (χ2n) is 5.54. The molecule has 0 bridgehead atoms. The lowest BCUT2D eigenvalue weighted by Crippen LogP contribution is -2.53. The number of phenols is 1. The number of nitrogens with zero attached hydrogens (tertiary/aromatic N) is 2. The second kappa shape index (κ2) is 6.53. The standard InChI is InChI=1S/C18H15N3O4/c1-25-14-9-11(5-6-13(14)22)15-12(10-19)17(23)20-18(24)16(15)21-7-3-2-4-8-21/h2-9,15-16H,1H3,(H2-,20,22,23,24)/p+1/t15-,16+/m0/s1. The molecule has 0 saturated carbocycles. The first-order chi connectivity index (χ1) is 12.1. The summed E-state index contributed by atoms with van der Waals surface area (Å²) >= 11 is 0. The van der Waals surface area contributed by atoms with Crippen LogP contribution in [0.5, 0.6) is 11.5 Å². The number of hydrogen-bond donors (Lipinski definition) is 3. The lowest BCUT2D eigenvalue weighted by molar-refractivity contribution is -0.711. The topological polar surface area (TPSA) is 106 Å². The minimum absolute atomic E-state index is 0.0358. The van der Waals surface area contributed by atoms with Crippen LogP contribution in [0.1, 0.15) is 17.5 Å². The molecule has 126 valence electrons. The SMILES string of the molecule is COc1cc([C@H]2C(C#N)=C(O)NC(=O)[C@@H]2[n+]2ccccc2)ccc1O. The Morgan fingerprint density at radius 3 is 2.60 bits per heavy atom. The number of aliphatic hydroxyl groups excluding tert-OH is 1. The van der Waals surface area contributed by atoms with Crippen molar-refractivity contribution in [2.75, 3.05) is 7.11 Å². The van der Waals surface area contributed by atoms with Crippen molar-refractivity contribution in [3.05, 3.63) is 65.8 Å². The van der Waals surface area contributed by atoms with Crippen LogP contribution in [0.25, 0.3) is 0 Å². The second-order valence-corrected chi connectivity index (χ2v) is 5.54. The van der Waals surface area contributed by atoms with Gasteiger partial charge in [-0.05, 0) is 17.7 Å². The number of aromatic hydroxyl groups is 1. The number of aromatic nitrogens is 1. The molecule has 0 aliphatic carbocycles. The van der Waals surface area contributed by atoms with Crippen molar-refractivity contribution >= 4 is 5.91 Å². The Morgan fingerprint density at radius 2 is 1.96 bits per heavy atom. The lowest BCUT2D eigenvalue weighted by atomic mass is 9.82. The minimum Gasteiger partial charge on any atom is -0.504 e. The number of rotatable bonds is 3. The van der Waals surface area contributed by atoms with Crippen molar-refractivity contribution in [3.8, 4) is 17.6 Å². The Labute approximate surface area is 144 Å². The summed E-state index contributed by atoms with van der Waals surface area (Å²) in [5.41, 5.74) is 0.600. The van der Waals surface area contributed by atoms with Gasteiger partial charge in [-0.15, -0.1) is 0 Å². The zero-order valence-electron chi connectivity index (χ0n) is 13.4. The molecule has 0 spiro atoms. The molecule has 1 aromatic carbocycles. The highest BCUT2D eigenvalue weighted by Crippen LogP contribution is 2.39. The van der Waals surface area contributed by atoms with E-state index in [0.29, 0.717) is 5.56 Å². The summed E-state index contributed by atoms with van der Waals surface area (Å²) in [6.07, 6.45) is 3.43. The first kappa shape index (κ1) is 16.3. The van der Waals surface area contributed by atoms with Gasteiger partial charge in [-0.1, -0.05) is 12.1 Å². The monoisotopic (exact) mass is 338 g/mol. The van der Waals surface area contributed by atoms with Gasteiger partial charge >= 0.3 is 0 Å². The quantitative estimate of drug-likeness (QED) is 0.734. The van der Waals surface area contributed by atoms with Crippen LogP contribution in [-0.4, -0.2) is 23.2 Å². The molecule has 25 heavy (non-hydrogen) atoms.